The summed E-state index contributed by atoms with van der Waals surface area (Å²) in [5, 5.41) is 12.1. The number of hydrogen-bond acceptors (Lipinski definition) is 4. The molecule has 1 saturated heterocycles. The van der Waals surface area contributed by atoms with E-state index in [0.717, 1.165) is 30.3 Å². The fraction of sp³-hybridized carbons (Fsp3) is 0.545. The molecule has 1 fully saturated rings. The summed E-state index contributed by atoms with van der Waals surface area (Å²) in [7, 11) is 0. The second kappa shape index (κ2) is 5.43. The molecule has 0 radical (unpaired) electrons. The fourth-order valence-electron chi connectivity index (χ4n) is 2.04. The summed E-state index contributed by atoms with van der Waals surface area (Å²) < 4.78 is 1.84. The summed E-state index contributed by atoms with van der Waals surface area (Å²) in [6.07, 6.45) is 3.37. The highest BCUT2D eigenvalue weighted by atomic mass is 32.2. The van der Waals surface area contributed by atoms with Gasteiger partial charge in [0.25, 0.3) is 0 Å². The molecule has 2 rings (SSSR count). The van der Waals surface area contributed by atoms with E-state index in [1.165, 1.54) is 0 Å². The number of aliphatic carboxylic acids is 1. The van der Waals surface area contributed by atoms with Crippen molar-refractivity contribution in [1.82, 2.24) is 14.9 Å². The predicted octanol–water partition coefficient (Wildman–Crippen LogP) is 0.819. The smallest absolute Gasteiger partial charge is 0.313 e. The van der Waals surface area contributed by atoms with Gasteiger partial charge in [0.1, 0.15) is 6.04 Å². The van der Waals surface area contributed by atoms with Gasteiger partial charge in [0.15, 0.2) is 5.16 Å². The molecule has 0 bridgehead atoms. The average molecular weight is 269 g/mol. The maximum Gasteiger partial charge on any atom is 0.313 e. The quantitative estimate of drug-likeness (QED) is 0.791. The largest absolute Gasteiger partial charge is 0.481 e. The van der Waals surface area contributed by atoms with Crippen molar-refractivity contribution in [2.24, 2.45) is 0 Å². The van der Waals surface area contributed by atoms with Gasteiger partial charge >= 0.3 is 5.97 Å². The number of aryl methyl sites for hydroxylation is 1. The van der Waals surface area contributed by atoms with Crippen molar-refractivity contribution in [2.45, 2.75) is 31.0 Å². The van der Waals surface area contributed by atoms with Gasteiger partial charge in [-0.25, -0.2) is 4.98 Å². The molecule has 1 atom stereocenters. The SMILES string of the molecule is Cc1cnc(SCC(=O)O)n1C1CCCNC1=O. The first-order valence-electron chi connectivity index (χ1n) is 5.75. The Morgan fingerprint density at radius 2 is 2.50 bits per heavy atom. The summed E-state index contributed by atoms with van der Waals surface area (Å²) in [5.74, 6) is -0.954. The molecule has 2 heterocycles. The summed E-state index contributed by atoms with van der Waals surface area (Å²) in [4.78, 5) is 26.6. The predicted molar refractivity (Wildman–Crippen MR) is 66.6 cm³/mol. The zero-order valence-electron chi connectivity index (χ0n) is 10.0. The zero-order valence-corrected chi connectivity index (χ0v) is 10.9. The number of thioether (sulfide) groups is 1. The van der Waals surface area contributed by atoms with Crippen molar-refractivity contribution < 1.29 is 14.7 Å². The van der Waals surface area contributed by atoms with Crippen LogP contribution in [0.5, 0.6) is 0 Å². The number of carbonyl (C=O) groups excluding carboxylic acids is 1. The maximum absolute atomic E-state index is 11.8. The standard InChI is InChI=1S/C11H15N3O3S/c1-7-5-13-11(18-6-9(15)16)14(7)8-3-2-4-12-10(8)17/h5,8H,2-4,6H2,1H3,(H,12,17)(H,15,16). The molecule has 1 aliphatic heterocycles. The minimum absolute atomic E-state index is 0.0143. The molecule has 0 spiro atoms. The molecule has 6 nitrogen and oxygen atoms in total. The summed E-state index contributed by atoms with van der Waals surface area (Å²) in [6, 6.07) is -0.266. The van der Waals surface area contributed by atoms with Crippen LogP contribution in [-0.2, 0) is 9.59 Å². The van der Waals surface area contributed by atoms with Gasteiger partial charge in [-0.15, -0.1) is 0 Å². The number of rotatable bonds is 4. The Morgan fingerprint density at radius 3 is 3.17 bits per heavy atom. The summed E-state index contributed by atoms with van der Waals surface area (Å²) >= 11 is 1.14. The van der Waals surface area contributed by atoms with Gasteiger partial charge in [-0.3, -0.25) is 9.59 Å². The van der Waals surface area contributed by atoms with E-state index in [1.54, 1.807) is 6.20 Å². The normalized spacial score (nSPS) is 19.6. The Balaban J connectivity index is 2.22. The van der Waals surface area contributed by atoms with Crippen molar-refractivity contribution in [3.05, 3.63) is 11.9 Å². The maximum atomic E-state index is 11.8. The fourth-order valence-corrected chi connectivity index (χ4v) is 2.83. The van der Waals surface area contributed by atoms with E-state index in [4.69, 9.17) is 5.11 Å². The number of nitrogens with one attached hydrogen (secondary N) is 1. The van der Waals surface area contributed by atoms with Gasteiger partial charge in [-0.2, -0.15) is 0 Å². The lowest BCUT2D eigenvalue weighted by Crippen LogP contribution is -2.38. The number of imidazole rings is 1. The number of carbonyl (C=O) groups is 2. The third-order valence-corrected chi connectivity index (χ3v) is 3.79. The number of hydrogen-bond donors (Lipinski definition) is 2. The highest BCUT2D eigenvalue weighted by Crippen LogP contribution is 2.27. The van der Waals surface area contributed by atoms with E-state index in [-0.39, 0.29) is 17.7 Å². The monoisotopic (exact) mass is 269 g/mol. The van der Waals surface area contributed by atoms with E-state index in [0.29, 0.717) is 11.7 Å². The number of nitrogens with zero attached hydrogens (tertiary/aromatic N) is 2. The van der Waals surface area contributed by atoms with Crippen molar-refractivity contribution in [1.29, 1.82) is 0 Å². The van der Waals surface area contributed by atoms with Crippen molar-refractivity contribution in [2.75, 3.05) is 12.3 Å². The Labute approximate surface area is 109 Å². The van der Waals surface area contributed by atoms with Crippen molar-refractivity contribution in [3.63, 3.8) is 0 Å². The van der Waals surface area contributed by atoms with Crippen LogP contribution in [0.4, 0.5) is 0 Å². The number of aromatic nitrogens is 2. The lowest BCUT2D eigenvalue weighted by Gasteiger charge is -2.25. The van der Waals surface area contributed by atoms with Crippen LogP contribution in [0.15, 0.2) is 11.4 Å². The molecule has 18 heavy (non-hydrogen) atoms. The lowest BCUT2D eigenvalue weighted by molar-refractivity contribution is -0.134. The van der Waals surface area contributed by atoms with Gasteiger partial charge in [-0.1, -0.05) is 11.8 Å². The Morgan fingerprint density at radius 1 is 1.72 bits per heavy atom. The first kappa shape index (κ1) is 12.9. The van der Waals surface area contributed by atoms with Gasteiger partial charge in [0.05, 0.1) is 5.75 Å². The Kier molecular flexibility index (Phi) is 3.90. The highest BCUT2D eigenvalue weighted by molar-refractivity contribution is 7.99. The van der Waals surface area contributed by atoms with E-state index < -0.39 is 5.97 Å². The minimum atomic E-state index is -0.889. The summed E-state index contributed by atoms with van der Waals surface area (Å²) in [5.41, 5.74) is 0.880. The van der Waals surface area contributed by atoms with Crippen LogP contribution in [0.2, 0.25) is 0 Å². The van der Waals surface area contributed by atoms with Crippen LogP contribution in [0.25, 0.3) is 0 Å². The number of carboxylic acids is 1. The summed E-state index contributed by atoms with van der Waals surface area (Å²) in [6.45, 7) is 2.58. The highest BCUT2D eigenvalue weighted by Gasteiger charge is 2.27. The molecule has 7 heteroatoms. The van der Waals surface area contributed by atoms with Gasteiger partial charge in [0, 0.05) is 18.4 Å². The van der Waals surface area contributed by atoms with Crippen LogP contribution >= 0.6 is 11.8 Å². The van der Waals surface area contributed by atoms with E-state index in [2.05, 4.69) is 10.3 Å². The molecule has 1 aliphatic rings. The molecule has 0 aromatic carbocycles. The van der Waals surface area contributed by atoms with Gasteiger partial charge in [0.2, 0.25) is 5.91 Å². The van der Waals surface area contributed by atoms with E-state index in [9.17, 15) is 9.59 Å². The molecule has 2 N–H and O–H groups in total. The Bertz CT molecular complexity index is 472. The Hall–Kier alpha value is -1.50. The third kappa shape index (κ3) is 2.66. The first-order valence-corrected chi connectivity index (χ1v) is 6.74. The molecule has 1 unspecified atom stereocenters. The van der Waals surface area contributed by atoms with Crippen LogP contribution < -0.4 is 5.32 Å². The molecular formula is C11H15N3O3S. The first-order chi connectivity index (χ1) is 8.59. The van der Waals surface area contributed by atoms with E-state index >= 15 is 0 Å². The van der Waals surface area contributed by atoms with Crippen LogP contribution in [0.1, 0.15) is 24.6 Å². The number of piperidine rings is 1. The molecule has 0 aliphatic carbocycles. The van der Waals surface area contributed by atoms with Gasteiger partial charge in [-0.05, 0) is 19.8 Å². The van der Waals surface area contributed by atoms with E-state index in [1.807, 2.05) is 11.5 Å². The second-order valence-electron chi connectivity index (χ2n) is 4.18. The average Bonchev–Trinajstić information content (AvgIpc) is 2.69. The van der Waals surface area contributed by atoms with Gasteiger partial charge < -0.3 is 15.0 Å². The van der Waals surface area contributed by atoms with Crippen molar-refractivity contribution >= 4 is 23.6 Å². The number of carboxylic acid groups (broad SMARTS) is 1. The topological polar surface area (TPSA) is 84.2 Å². The molecule has 0 saturated carbocycles. The van der Waals surface area contributed by atoms with Crippen molar-refractivity contribution in [3.8, 4) is 0 Å². The van der Waals surface area contributed by atoms with Crippen LogP contribution in [0.3, 0.4) is 0 Å². The lowest BCUT2D eigenvalue weighted by atomic mass is 10.1. The molecule has 1 amide bonds. The minimum Gasteiger partial charge on any atom is -0.481 e. The number of amides is 1. The molecular weight excluding hydrogens is 254 g/mol. The van der Waals surface area contributed by atoms with Crippen LogP contribution in [-0.4, -0.2) is 38.8 Å². The third-order valence-electron chi connectivity index (χ3n) is 2.84. The second-order valence-corrected chi connectivity index (χ2v) is 5.13. The molecule has 1 aromatic heterocycles. The van der Waals surface area contributed by atoms with Crippen LogP contribution in [0, 0.1) is 6.92 Å². The molecule has 1 aromatic rings. The zero-order chi connectivity index (χ0) is 13.1. The molecule has 98 valence electrons.